The molecule has 0 spiro atoms. The highest BCUT2D eigenvalue weighted by Gasteiger charge is 2.30. The molecule has 1 aliphatic rings. The molecule has 0 unspecified atom stereocenters. The first kappa shape index (κ1) is 17.3. The van der Waals surface area contributed by atoms with E-state index in [0.717, 1.165) is 11.0 Å². The van der Waals surface area contributed by atoms with Crippen LogP contribution in [0.2, 0.25) is 0 Å². The van der Waals surface area contributed by atoms with Crippen molar-refractivity contribution in [3.05, 3.63) is 48.0 Å². The van der Waals surface area contributed by atoms with Crippen LogP contribution in [0.4, 0.5) is 0 Å². The van der Waals surface area contributed by atoms with Crippen molar-refractivity contribution in [2.24, 2.45) is 0 Å². The number of amides is 1. The summed E-state index contributed by atoms with van der Waals surface area (Å²) in [4.78, 5) is 24.5. The second-order valence-electron chi connectivity index (χ2n) is 6.77. The number of aromatic nitrogens is 2. The zero-order valence-corrected chi connectivity index (χ0v) is 15.5. The summed E-state index contributed by atoms with van der Waals surface area (Å²) in [6, 6.07) is 12.3. The van der Waals surface area contributed by atoms with Gasteiger partial charge in [0.25, 0.3) is 5.91 Å². The zero-order valence-electron chi connectivity index (χ0n) is 15.5. The Bertz CT molecular complexity index is 1220. The fraction of sp³-hybridized carbons (Fsp3) is 0.190. The van der Waals surface area contributed by atoms with Crippen molar-refractivity contribution in [1.82, 2.24) is 15.5 Å². The molecular formula is C21H17N3O5. The molecule has 0 aliphatic carbocycles. The van der Waals surface area contributed by atoms with E-state index in [0.29, 0.717) is 46.7 Å². The monoisotopic (exact) mass is 391 g/mol. The first-order chi connectivity index (χ1) is 14.2. The van der Waals surface area contributed by atoms with E-state index in [2.05, 4.69) is 15.5 Å². The van der Waals surface area contributed by atoms with E-state index in [1.807, 2.05) is 30.3 Å². The van der Waals surface area contributed by atoms with Gasteiger partial charge in [0.1, 0.15) is 23.1 Å². The molecule has 5 rings (SSSR count). The van der Waals surface area contributed by atoms with Crippen LogP contribution in [0.15, 0.2) is 46.9 Å². The number of furan rings is 1. The normalized spacial score (nSPS) is 16.3. The highest BCUT2D eigenvalue weighted by atomic mass is 16.5. The van der Waals surface area contributed by atoms with Crippen molar-refractivity contribution in [2.75, 3.05) is 13.7 Å². The summed E-state index contributed by atoms with van der Waals surface area (Å²) in [5, 5.41) is 11.6. The van der Waals surface area contributed by atoms with Gasteiger partial charge in [-0.3, -0.25) is 9.89 Å². The number of cyclic esters (lactones) is 1. The predicted molar refractivity (Wildman–Crippen MR) is 105 cm³/mol. The van der Waals surface area contributed by atoms with E-state index in [1.54, 1.807) is 12.1 Å². The molecule has 29 heavy (non-hydrogen) atoms. The number of benzene rings is 2. The van der Waals surface area contributed by atoms with Gasteiger partial charge in [0.05, 0.1) is 30.2 Å². The highest BCUT2D eigenvalue weighted by molar-refractivity contribution is 6.08. The third kappa shape index (κ3) is 2.80. The summed E-state index contributed by atoms with van der Waals surface area (Å²) in [5.74, 6) is 0.105. The largest absolute Gasteiger partial charge is 0.495 e. The maximum Gasteiger partial charge on any atom is 0.328 e. The molecule has 146 valence electrons. The Hall–Kier alpha value is -3.81. The minimum Gasteiger partial charge on any atom is -0.495 e. The van der Waals surface area contributed by atoms with Crippen LogP contribution in [-0.2, 0) is 9.53 Å². The minimum absolute atomic E-state index is 0.303. The second kappa shape index (κ2) is 6.66. The smallest absolute Gasteiger partial charge is 0.328 e. The number of ether oxygens (including phenoxy) is 2. The van der Waals surface area contributed by atoms with E-state index in [-0.39, 0.29) is 0 Å². The average molecular weight is 391 g/mol. The van der Waals surface area contributed by atoms with Gasteiger partial charge in [0.2, 0.25) is 0 Å². The number of carbonyl (C=O) groups excluding carboxylic acids is 2. The van der Waals surface area contributed by atoms with Gasteiger partial charge in [-0.25, -0.2) is 4.79 Å². The number of aromatic amines is 1. The molecule has 1 aliphatic heterocycles. The van der Waals surface area contributed by atoms with Crippen molar-refractivity contribution in [1.29, 1.82) is 0 Å². The highest BCUT2D eigenvalue weighted by Crippen LogP contribution is 2.38. The van der Waals surface area contributed by atoms with E-state index >= 15 is 0 Å². The first-order valence-electron chi connectivity index (χ1n) is 9.17. The Balaban J connectivity index is 1.61. The number of fused-ring (bicyclic) bond motifs is 2. The van der Waals surface area contributed by atoms with Gasteiger partial charge >= 0.3 is 5.97 Å². The molecule has 1 saturated heterocycles. The van der Waals surface area contributed by atoms with E-state index in [9.17, 15) is 9.59 Å². The van der Waals surface area contributed by atoms with Gasteiger partial charge in [0, 0.05) is 11.8 Å². The summed E-state index contributed by atoms with van der Waals surface area (Å²) in [6.07, 6.45) is 0.449. The maximum atomic E-state index is 12.8. The van der Waals surface area contributed by atoms with Crippen LogP contribution in [0.5, 0.6) is 5.75 Å². The summed E-state index contributed by atoms with van der Waals surface area (Å²) < 4.78 is 16.5. The standard InChI is InChI=1S/C21H17N3O5/c1-27-19-12(20(25)22-14-8-9-28-21(14)26)6-7-13-17(19)18(24-23-13)16-10-11-4-2-3-5-15(11)29-16/h2-7,10,14H,8-9H2,1H3,(H,22,25)(H,23,24)/t14-/m1/s1. The lowest BCUT2D eigenvalue weighted by atomic mass is 10.1. The SMILES string of the molecule is COc1c(C(=O)N[C@@H]2CCOC2=O)ccc2n[nH]c(-c3cc4ccccc4o3)c12. The van der Waals surface area contributed by atoms with Gasteiger partial charge in [0.15, 0.2) is 5.76 Å². The fourth-order valence-corrected chi connectivity index (χ4v) is 3.62. The van der Waals surface area contributed by atoms with E-state index in [4.69, 9.17) is 13.9 Å². The van der Waals surface area contributed by atoms with Gasteiger partial charge in [-0.05, 0) is 24.3 Å². The number of H-pyrrole nitrogens is 1. The number of rotatable bonds is 4. The van der Waals surface area contributed by atoms with Crippen molar-refractivity contribution in [3.8, 4) is 17.2 Å². The molecule has 2 aromatic carbocycles. The number of methoxy groups -OCH3 is 1. The van der Waals surface area contributed by atoms with E-state index in [1.165, 1.54) is 7.11 Å². The predicted octanol–water partition coefficient (Wildman–Crippen LogP) is 3.03. The second-order valence-corrected chi connectivity index (χ2v) is 6.77. The molecule has 2 aromatic heterocycles. The third-order valence-electron chi connectivity index (χ3n) is 5.04. The van der Waals surface area contributed by atoms with Gasteiger partial charge in [-0.1, -0.05) is 18.2 Å². The van der Waals surface area contributed by atoms with Crippen LogP contribution in [0.1, 0.15) is 16.8 Å². The maximum absolute atomic E-state index is 12.8. The Morgan fingerprint density at radius 1 is 1.28 bits per heavy atom. The lowest BCUT2D eigenvalue weighted by Crippen LogP contribution is -2.38. The van der Waals surface area contributed by atoms with Gasteiger partial charge in [-0.2, -0.15) is 5.10 Å². The molecule has 8 nitrogen and oxygen atoms in total. The minimum atomic E-state index is -0.651. The fourth-order valence-electron chi connectivity index (χ4n) is 3.62. The van der Waals surface area contributed by atoms with Crippen molar-refractivity contribution >= 4 is 33.7 Å². The van der Waals surface area contributed by atoms with Crippen molar-refractivity contribution < 1.29 is 23.5 Å². The molecule has 1 amide bonds. The molecule has 0 saturated carbocycles. The molecule has 0 bridgehead atoms. The summed E-state index contributed by atoms with van der Waals surface area (Å²) in [5.41, 5.74) is 2.30. The van der Waals surface area contributed by atoms with Crippen LogP contribution in [0, 0.1) is 0 Å². The topological polar surface area (TPSA) is 106 Å². The molecule has 1 atom stereocenters. The molecular weight excluding hydrogens is 374 g/mol. The number of esters is 1. The van der Waals surface area contributed by atoms with Crippen LogP contribution >= 0.6 is 0 Å². The number of hydrogen-bond acceptors (Lipinski definition) is 6. The molecule has 8 heteroatoms. The number of para-hydroxylation sites is 1. The Labute approximate surface area is 164 Å². The molecule has 2 N–H and O–H groups in total. The Kier molecular flexibility index (Phi) is 3.97. The summed E-state index contributed by atoms with van der Waals surface area (Å²) >= 11 is 0. The Morgan fingerprint density at radius 3 is 2.90 bits per heavy atom. The van der Waals surface area contributed by atoms with Crippen LogP contribution in [0.3, 0.4) is 0 Å². The molecule has 1 fully saturated rings. The summed E-state index contributed by atoms with van der Waals surface area (Å²) in [7, 11) is 1.49. The number of hydrogen-bond donors (Lipinski definition) is 2. The lowest BCUT2D eigenvalue weighted by Gasteiger charge is -2.12. The van der Waals surface area contributed by atoms with Crippen molar-refractivity contribution in [3.63, 3.8) is 0 Å². The molecule has 4 aromatic rings. The Morgan fingerprint density at radius 2 is 2.14 bits per heavy atom. The number of nitrogens with one attached hydrogen (secondary N) is 2. The van der Waals surface area contributed by atoms with Gasteiger partial charge in [-0.15, -0.1) is 0 Å². The summed E-state index contributed by atoms with van der Waals surface area (Å²) in [6.45, 7) is 0.303. The lowest BCUT2D eigenvalue weighted by molar-refractivity contribution is -0.139. The number of nitrogens with zero attached hydrogens (tertiary/aromatic N) is 1. The first-order valence-corrected chi connectivity index (χ1v) is 9.17. The van der Waals surface area contributed by atoms with Crippen LogP contribution in [0.25, 0.3) is 33.3 Å². The van der Waals surface area contributed by atoms with Crippen LogP contribution < -0.4 is 10.1 Å². The number of carbonyl (C=O) groups is 2. The molecule has 0 radical (unpaired) electrons. The van der Waals surface area contributed by atoms with Crippen molar-refractivity contribution in [2.45, 2.75) is 12.5 Å². The third-order valence-corrected chi connectivity index (χ3v) is 5.04. The quantitative estimate of drug-likeness (QED) is 0.518. The zero-order chi connectivity index (χ0) is 20.0. The van der Waals surface area contributed by atoms with Gasteiger partial charge < -0.3 is 19.2 Å². The molecule has 3 heterocycles. The van der Waals surface area contributed by atoms with E-state index < -0.39 is 17.9 Å². The average Bonchev–Trinajstić information content (AvgIpc) is 3.44. The van der Waals surface area contributed by atoms with Crippen LogP contribution in [-0.4, -0.2) is 41.8 Å².